The van der Waals surface area contributed by atoms with Crippen LogP contribution in [0.5, 0.6) is 5.75 Å². The molecule has 116 valence electrons. The largest absolute Gasteiger partial charge is 0.490 e. The van der Waals surface area contributed by atoms with Crippen molar-refractivity contribution in [3.63, 3.8) is 0 Å². The lowest BCUT2D eigenvalue weighted by molar-refractivity contribution is -0.00691. The Labute approximate surface area is 127 Å². The molecule has 2 fully saturated rings. The highest BCUT2D eigenvalue weighted by atomic mass is 16.5. The molecular weight excluding hydrogens is 264 g/mol. The van der Waals surface area contributed by atoms with Gasteiger partial charge in [0.2, 0.25) is 0 Å². The van der Waals surface area contributed by atoms with Crippen molar-refractivity contribution in [2.75, 3.05) is 19.6 Å². The van der Waals surface area contributed by atoms with Crippen LogP contribution in [-0.2, 0) is 0 Å². The maximum atomic E-state index is 10.5. The smallest absolute Gasteiger partial charge is 0.125 e. The Kier molecular flexibility index (Phi) is 4.45. The predicted molar refractivity (Wildman–Crippen MR) is 82.5 cm³/mol. The van der Waals surface area contributed by atoms with Gasteiger partial charge in [-0.25, -0.2) is 0 Å². The van der Waals surface area contributed by atoms with Gasteiger partial charge in [-0.05, 0) is 38.7 Å². The summed E-state index contributed by atoms with van der Waals surface area (Å²) in [6, 6.07) is 1.95. The molecule has 0 amide bonds. The molecule has 3 rings (SSSR count). The molecule has 1 saturated heterocycles. The highest BCUT2D eigenvalue weighted by Crippen LogP contribution is 2.31. The molecule has 1 aliphatic heterocycles. The number of rotatable bonds is 4. The summed E-state index contributed by atoms with van der Waals surface area (Å²) in [5, 5.41) is 10.5. The van der Waals surface area contributed by atoms with Crippen LogP contribution in [0.3, 0.4) is 0 Å². The molecule has 0 radical (unpaired) electrons. The Morgan fingerprint density at radius 3 is 2.71 bits per heavy atom. The van der Waals surface area contributed by atoms with Crippen molar-refractivity contribution in [3.8, 4) is 5.75 Å². The summed E-state index contributed by atoms with van der Waals surface area (Å²) < 4.78 is 6.10. The molecule has 1 N–H and O–H groups in total. The number of β-amino-alcohol motifs (C(OH)–C–C–N with tert-alkyl or cyclic N) is 1. The Morgan fingerprint density at radius 1 is 1.33 bits per heavy atom. The number of hydrogen-bond acceptors (Lipinski definition) is 4. The minimum absolute atomic E-state index is 0.292. The number of piperidine rings is 1. The van der Waals surface area contributed by atoms with Crippen LogP contribution in [0.25, 0.3) is 0 Å². The fraction of sp³-hybridized carbons (Fsp3) is 0.706. The second-order valence-corrected chi connectivity index (χ2v) is 6.67. The van der Waals surface area contributed by atoms with Crippen molar-refractivity contribution in [2.45, 2.75) is 57.2 Å². The van der Waals surface area contributed by atoms with Crippen LogP contribution < -0.4 is 4.74 Å². The second-order valence-electron chi connectivity index (χ2n) is 6.67. The third-order valence-electron chi connectivity index (χ3n) is 4.85. The van der Waals surface area contributed by atoms with Gasteiger partial charge in [0, 0.05) is 37.6 Å². The second kappa shape index (κ2) is 6.32. The normalized spacial score (nSPS) is 23.3. The van der Waals surface area contributed by atoms with Gasteiger partial charge in [0.25, 0.3) is 0 Å². The Balaban J connectivity index is 1.48. The van der Waals surface area contributed by atoms with Crippen LogP contribution >= 0.6 is 0 Å². The van der Waals surface area contributed by atoms with E-state index in [9.17, 15) is 5.11 Å². The first-order chi connectivity index (χ1) is 10.1. The topological polar surface area (TPSA) is 45.6 Å². The third-order valence-corrected chi connectivity index (χ3v) is 4.85. The van der Waals surface area contributed by atoms with Gasteiger partial charge in [0.1, 0.15) is 11.9 Å². The first-order valence-electron chi connectivity index (χ1n) is 8.17. The summed E-state index contributed by atoms with van der Waals surface area (Å²) in [5.74, 6) is 0.956. The molecule has 0 aromatic carbocycles. The van der Waals surface area contributed by atoms with E-state index in [0.29, 0.717) is 6.10 Å². The highest BCUT2D eigenvalue weighted by molar-refractivity contribution is 5.28. The Hall–Kier alpha value is -1.13. The number of likely N-dealkylation sites (tertiary alicyclic amines) is 1. The number of nitrogens with zero attached hydrogens (tertiary/aromatic N) is 2. The number of aliphatic hydroxyl groups is 1. The maximum Gasteiger partial charge on any atom is 0.125 e. The van der Waals surface area contributed by atoms with Crippen molar-refractivity contribution in [1.82, 2.24) is 9.88 Å². The number of pyridine rings is 1. The molecule has 2 aliphatic rings. The SMILES string of the molecule is Cc1cnccc1OC1CCN(CC2(O)CCCC2)CC1. The number of aromatic nitrogens is 1. The molecule has 1 aromatic rings. The zero-order chi connectivity index (χ0) is 14.7. The summed E-state index contributed by atoms with van der Waals surface area (Å²) in [5.41, 5.74) is 0.676. The van der Waals surface area contributed by atoms with Gasteiger partial charge in [-0.15, -0.1) is 0 Å². The Morgan fingerprint density at radius 2 is 2.05 bits per heavy atom. The molecule has 0 atom stereocenters. The van der Waals surface area contributed by atoms with E-state index in [0.717, 1.165) is 56.6 Å². The predicted octanol–water partition coefficient (Wildman–Crippen LogP) is 2.54. The summed E-state index contributed by atoms with van der Waals surface area (Å²) in [7, 11) is 0. The molecule has 4 heteroatoms. The van der Waals surface area contributed by atoms with Gasteiger partial charge in [0.15, 0.2) is 0 Å². The van der Waals surface area contributed by atoms with Gasteiger partial charge >= 0.3 is 0 Å². The highest BCUT2D eigenvalue weighted by Gasteiger charge is 2.34. The molecule has 1 aromatic heterocycles. The van der Waals surface area contributed by atoms with Gasteiger partial charge < -0.3 is 14.7 Å². The average Bonchev–Trinajstić information content (AvgIpc) is 2.90. The third kappa shape index (κ3) is 3.74. The number of ether oxygens (including phenoxy) is 1. The van der Waals surface area contributed by atoms with Gasteiger partial charge in [-0.1, -0.05) is 12.8 Å². The molecule has 0 unspecified atom stereocenters. The standard InChI is InChI=1S/C17H26N2O2/c1-14-12-18-9-4-16(14)21-15-5-10-19(11-6-15)13-17(20)7-2-3-8-17/h4,9,12,15,20H,2-3,5-8,10-11,13H2,1H3. The fourth-order valence-electron chi connectivity index (χ4n) is 3.57. The van der Waals surface area contributed by atoms with Gasteiger partial charge in [-0.3, -0.25) is 4.98 Å². The van der Waals surface area contributed by atoms with Gasteiger partial charge in [0.05, 0.1) is 5.60 Å². The lowest BCUT2D eigenvalue weighted by Gasteiger charge is -2.36. The minimum Gasteiger partial charge on any atom is -0.490 e. The van der Waals surface area contributed by atoms with Crippen LogP contribution in [0.4, 0.5) is 0 Å². The molecule has 1 aliphatic carbocycles. The summed E-state index contributed by atoms with van der Waals surface area (Å²) in [6.45, 7) is 4.93. The molecule has 1 saturated carbocycles. The summed E-state index contributed by atoms with van der Waals surface area (Å²) in [4.78, 5) is 6.51. The van der Waals surface area contributed by atoms with E-state index in [4.69, 9.17) is 4.74 Å². The van der Waals surface area contributed by atoms with Gasteiger partial charge in [-0.2, -0.15) is 0 Å². The van der Waals surface area contributed by atoms with E-state index in [1.165, 1.54) is 12.8 Å². The quantitative estimate of drug-likeness (QED) is 0.925. The molecular formula is C17H26N2O2. The van der Waals surface area contributed by atoms with Crippen molar-refractivity contribution >= 4 is 0 Å². The van der Waals surface area contributed by atoms with E-state index in [2.05, 4.69) is 9.88 Å². The molecule has 0 spiro atoms. The lowest BCUT2D eigenvalue weighted by Crippen LogP contribution is -2.46. The minimum atomic E-state index is -0.421. The Bertz CT molecular complexity index is 464. The lowest BCUT2D eigenvalue weighted by atomic mass is 9.99. The van der Waals surface area contributed by atoms with Crippen LogP contribution in [0.15, 0.2) is 18.5 Å². The number of aryl methyl sites for hydroxylation is 1. The molecule has 0 bridgehead atoms. The average molecular weight is 290 g/mol. The van der Waals surface area contributed by atoms with E-state index in [-0.39, 0.29) is 0 Å². The number of hydrogen-bond donors (Lipinski definition) is 1. The first-order valence-corrected chi connectivity index (χ1v) is 8.17. The summed E-state index contributed by atoms with van der Waals surface area (Å²) >= 11 is 0. The van der Waals surface area contributed by atoms with E-state index >= 15 is 0 Å². The maximum absolute atomic E-state index is 10.5. The zero-order valence-corrected chi connectivity index (χ0v) is 12.9. The van der Waals surface area contributed by atoms with Crippen LogP contribution in [-0.4, -0.2) is 46.3 Å². The fourth-order valence-corrected chi connectivity index (χ4v) is 3.57. The molecule has 4 nitrogen and oxygen atoms in total. The van der Waals surface area contributed by atoms with E-state index in [1.54, 1.807) is 6.20 Å². The first kappa shape index (κ1) is 14.8. The molecule has 21 heavy (non-hydrogen) atoms. The summed E-state index contributed by atoms with van der Waals surface area (Å²) in [6.07, 6.45) is 10.3. The van der Waals surface area contributed by atoms with Crippen LogP contribution in [0, 0.1) is 6.92 Å². The van der Waals surface area contributed by atoms with Crippen LogP contribution in [0.1, 0.15) is 44.1 Å². The van der Waals surface area contributed by atoms with E-state index in [1.807, 2.05) is 19.2 Å². The van der Waals surface area contributed by atoms with Crippen molar-refractivity contribution < 1.29 is 9.84 Å². The monoisotopic (exact) mass is 290 g/mol. The van der Waals surface area contributed by atoms with Crippen molar-refractivity contribution in [3.05, 3.63) is 24.0 Å². The zero-order valence-electron chi connectivity index (χ0n) is 12.9. The van der Waals surface area contributed by atoms with E-state index < -0.39 is 5.60 Å². The molecule has 2 heterocycles. The van der Waals surface area contributed by atoms with Crippen molar-refractivity contribution in [1.29, 1.82) is 0 Å². The van der Waals surface area contributed by atoms with Crippen molar-refractivity contribution in [2.24, 2.45) is 0 Å². The van der Waals surface area contributed by atoms with Crippen LogP contribution in [0.2, 0.25) is 0 Å².